The predicted molar refractivity (Wildman–Crippen MR) is 37.8 cm³/mol. The van der Waals surface area contributed by atoms with Gasteiger partial charge in [0.15, 0.2) is 0 Å². The summed E-state index contributed by atoms with van der Waals surface area (Å²) in [5.74, 6) is 0.560. The molecule has 9 heavy (non-hydrogen) atoms. The number of hydrogen-bond acceptors (Lipinski definition) is 0. The zero-order chi connectivity index (χ0) is 7.11. The van der Waals surface area contributed by atoms with Gasteiger partial charge in [-0.15, -0.1) is 0 Å². The summed E-state index contributed by atoms with van der Waals surface area (Å²) in [7, 11) is 9.67. The van der Waals surface area contributed by atoms with Crippen molar-refractivity contribution in [2.45, 2.75) is 6.92 Å². The Morgan fingerprint density at radius 3 is 2.22 bits per heavy atom. The van der Waals surface area contributed by atoms with Crippen LogP contribution in [-0.2, 0) is 15.1 Å². The van der Waals surface area contributed by atoms with E-state index < -0.39 is 0 Å². The Hall–Kier alpha value is 0.683. The van der Waals surface area contributed by atoms with Crippen LogP contribution < -0.4 is 0 Å². The van der Waals surface area contributed by atoms with Crippen molar-refractivity contribution < 1.29 is 15.1 Å². The topological polar surface area (TPSA) is 0 Å². The van der Waals surface area contributed by atoms with Crippen LogP contribution >= 0.6 is 19.4 Å². The molecule has 0 saturated heterocycles. The van der Waals surface area contributed by atoms with E-state index in [0.29, 0.717) is 5.92 Å². The van der Waals surface area contributed by atoms with E-state index in [1.807, 2.05) is 12.2 Å². The Morgan fingerprint density at radius 1 is 1.56 bits per heavy atom. The maximum atomic E-state index is 4.83. The van der Waals surface area contributed by atoms with Crippen LogP contribution in [0.15, 0.2) is 18.2 Å². The Morgan fingerprint density at radius 2 is 2.11 bits per heavy atom. The Bertz CT molecular complexity index is 97.6. The molecule has 54 valence electrons. The van der Waals surface area contributed by atoms with Crippen LogP contribution in [0.4, 0.5) is 0 Å². The molecule has 0 aromatic carbocycles. The average Bonchev–Trinajstić information content (AvgIpc) is 2.20. The van der Waals surface area contributed by atoms with E-state index in [0.717, 1.165) is 0 Å². The summed E-state index contributed by atoms with van der Waals surface area (Å²) in [5, 5.41) is 0. The van der Waals surface area contributed by atoms with Crippen LogP contribution in [-0.4, -0.2) is 0 Å². The first kappa shape index (κ1) is 9.68. The molecule has 0 aromatic rings. The van der Waals surface area contributed by atoms with Gasteiger partial charge < -0.3 is 0 Å². The summed E-state index contributed by atoms with van der Waals surface area (Å²) >= 11 is -0.226. The monoisotopic (exact) mass is 252 g/mol. The first-order valence-corrected chi connectivity index (χ1v) is 6.63. The van der Waals surface area contributed by atoms with Crippen molar-refractivity contribution in [3.8, 4) is 0 Å². The molecule has 3 heteroatoms. The number of hydrogen-bond donors (Lipinski definition) is 0. The van der Waals surface area contributed by atoms with Gasteiger partial charge in [-0.3, -0.25) is 6.08 Å². The third-order valence-corrected chi connectivity index (χ3v) is 0.855. The Labute approximate surface area is 71.6 Å². The molecule has 1 aliphatic rings. The minimum atomic E-state index is -0.226. The van der Waals surface area contributed by atoms with Crippen molar-refractivity contribution in [3.05, 3.63) is 24.3 Å². The first-order chi connectivity index (χ1) is 4.31. The van der Waals surface area contributed by atoms with E-state index in [2.05, 4.69) is 19.1 Å². The predicted octanol–water partition coefficient (Wildman–Crippen LogP) is 2.93. The molecule has 0 saturated carbocycles. The van der Waals surface area contributed by atoms with Crippen LogP contribution in [0.3, 0.4) is 0 Å². The van der Waals surface area contributed by atoms with Crippen LogP contribution in [0.1, 0.15) is 6.92 Å². The summed E-state index contributed by atoms with van der Waals surface area (Å²) < 4.78 is 0. The van der Waals surface area contributed by atoms with Crippen molar-refractivity contribution in [3.63, 3.8) is 0 Å². The Kier molecular flexibility index (Phi) is 7.31. The van der Waals surface area contributed by atoms with Crippen LogP contribution in [0, 0.1) is 12.0 Å². The molecule has 0 heterocycles. The van der Waals surface area contributed by atoms with E-state index in [4.69, 9.17) is 19.4 Å². The minimum absolute atomic E-state index is 0.226. The molecule has 1 unspecified atom stereocenters. The average molecular weight is 253 g/mol. The zero-order valence-corrected chi connectivity index (χ0v) is 8.05. The van der Waals surface area contributed by atoms with Gasteiger partial charge in [-0.25, -0.2) is 12.2 Å². The molecular weight excluding hydrogens is 246 g/mol. The molecule has 1 aliphatic carbocycles. The van der Waals surface area contributed by atoms with Crippen molar-refractivity contribution >= 4 is 19.4 Å². The summed E-state index contributed by atoms with van der Waals surface area (Å²) in [6.45, 7) is 2.11. The summed E-state index contributed by atoms with van der Waals surface area (Å²) in [6, 6.07) is 0. The van der Waals surface area contributed by atoms with Crippen LogP contribution in [0.25, 0.3) is 0 Å². The van der Waals surface area contributed by atoms with Crippen molar-refractivity contribution in [1.29, 1.82) is 0 Å². The third kappa shape index (κ3) is 6.57. The quantitative estimate of drug-likeness (QED) is 0.460. The van der Waals surface area contributed by atoms with E-state index in [9.17, 15) is 0 Å². The molecule has 0 amide bonds. The summed E-state index contributed by atoms with van der Waals surface area (Å²) in [4.78, 5) is 0. The fourth-order valence-electron chi connectivity index (χ4n) is 0.485. The second kappa shape index (κ2) is 6.80. The van der Waals surface area contributed by atoms with Crippen molar-refractivity contribution in [2.24, 2.45) is 5.92 Å². The number of halogens is 2. The fourth-order valence-corrected chi connectivity index (χ4v) is 0.485. The van der Waals surface area contributed by atoms with Gasteiger partial charge in [0.25, 0.3) is 0 Å². The molecule has 0 aliphatic heterocycles. The molecule has 1 atom stereocenters. The van der Waals surface area contributed by atoms with Gasteiger partial charge in [-0.05, 0) is 0 Å². The normalized spacial score (nSPS) is 21.9. The van der Waals surface area contributed by atoms with Crippen LogP contribution in [0.2, 0.25) is 0 Å². The van der Waals surface area contributed by atoms with Gasteiger partial charge in [-0.2, -0.15) is 6.08 Å². The fraction of sp³-hybridized carbons (Fsp3) is 0.333. The van der Waals surface area contributed by atoms with E-state index in [-0.39, 0.29) is 15.1 Å². The van der Waals surface area contributed by atoms with Gasteiger partial charge in [0, 0.05) is 0 Å². The summed E-state index contributed by atoms with van der Waals surface area (Å²) in [6.07, 6.45) is 9.16. The van der Waals surface area contributed by atoms with E-state index in [1.165, 1.54) is 0 Å². The molecule has 0 fully saturated rings. The molecule has 0 spiro atoms. The SMILES string of the molecule is CC1[C-]=CC=C1.[Cl][Rh+][Cl]. The second-order valence-electron chi connectivity index (χ2n) is 1.55. The molecule has 1 rings (SSSR count). The molecule has 0 N–H and O–H groups in total. The van der Waals surface area contributed by atoms with Gasteiger partial charge in [0.05, 0.1) is 0 Å². The molecule has 0 radical (unpaired) electrons. The van der Waals surface area contributed by atoms with Gasteiger partial charge in [-0.1, -0.05) is 12.8 Å². The maximum absolute atomic E-state index is 4.83. The van der Waals surface area contributed by atoms with Gasteiger partial charge >= 0.3 is 34.5 Å². The van der Waals surface area contributed by atoms with Crippen molar-refractivity contribution in [2.75, 3.05) is 0 Å². The standard InChI is InChI=1S/C6H7.2ClH.Rh/c1-6-4-2-3-5-6;;;/h2-4,6H,1H3;2*1H;/q-1;;;+3/p-2. The first-order valence-electron chi connectivity index (χ1n) is 2.41. The number of rotatable bonds is 0. The number of allylic oxidation sites excluding steroid dienone is 4. The van der Waals surface area contributed by atoms with Gasteiger partial charge in [0.2, 0.25) is 0 Å². The third-order valence-electron chi connectivity index (χ3n) is 0.855. The Balaban J connectivity index is 0.000000187. The van der Waals surface area contributed by atoms with Crippen LogP contribution in [0.5, 0.6) is 0 Å². The molecule has 0 aromatic heterocycles. The van der Waals surface area contributed by atoms with Crippen molar-refractivity contribution in [1.82, 2.24) is 0 Å². The zero-order valence-electron chi connectivity index (χ0n) is 4.90. The van der Waals surface area contributed by atoms with E-state index in [1.54, 1.807) is 0 Å². The molecular formula is C6H7Cl2Rh. The second-order valence-corrected chi connectivity index (χ2v) is 4.04. The molecule has 0 bridgehead atoms. The van der Waals surface area contributed by atoms with E-state index >= 15 is 0 Å². The van der Waals surface area contributed by atoms with Gasteiger partial charge in [0.1, 0.15) is 0 Å². The molecule has 0 nitrogen and oxygen atoms in total. The summed E-state index contributed by atoms with van der Waals surface area (Å²) in [5.41, 5.74) is 0.